The second-order valence-electron chi connectivity index (χ2n) is 4.40. The fourth-order valence-corrected chi connectivity index (χ4v) is 2.51. The van der Waals surface area contributed by atoms with Crippen LogP contribution in [-0.4, -0.2) is 21.6 Å². The molecule has 0 aliphatic heterocycles. The number of aromatic hydroxyl groups is 1. The Morgan fingerprint density at radius 2 is 2.09 bits per heavy atom. The molecule has 0 aliphatic rings. The van der Waals surface area contributed by atoms with Crippen molar-refractivity contribution in [3.8, 4) is 11.6 Å². The summed E-state index contributed by atoms with van der Waals surface area (Å²) >= 11 is 1.19. The predicted octanol–water partition coefficient (Wildman–Crippen LogP) is 2.85. The van der Waals surface area contributed by atoms with Gasteiger partial charge in [-0.25, -0.2) is 9.56 Å². The second-order valence-corrected chi connectivity index (χ2v) is 5.24. The number of ether oxygens (including phenoxy) is 1. The minimum atomic E-state index is -0.417. The molecule has 0 amide bonds. The van der Waals surface area contributed by atoms with Crippen molar-refractivity contribution in [1.82, 2.24) is 4.57 Å². The van der Waals surface area contributed by atoms with E-state index >= 15 is 0 Å². The van der Waals surface area contributed by atoms with Gasteiger partial charge in [0.05, 0.1) is 11.1 Å². The summed E-state index contributed by atoms with van der Waals surface area (Å²) in [6, 6.07) is 6.38. The van der Waals surface area contributed by atoms with Crippen molar-refractivity contribution in [2.24, 2.45) is 4.99 Å². The molecule has 2 rings (SSSR count). The van der Waals surface area contributed by atoms with Crippen molar-refractivity contribution in [3.05, 3.63) is 34.4 Å². The monoisotopic (exact) mass is 320 g/mol. The average molecular weight is 320 g/mol. The Morgan fingerprint density at radius 3 is 2.73 bits per heavy atom. The summed E-state index contributed by atoms with van der Waals surface area (Å²) in [5.74, 6) is -0.384. The molecule has 1 aromatic carbocycles. The van der Waals surface area contributed by atoms with E-state index in [4.69, 9.17) is 4.74 Å². The molecule has 0 unspecified atom stereocenters. The molecule has 0 spiro atoms. The highest BCUT2D eigenvalue weighted by Crippen LogP contribution is 2.19. The molecule has 0 bridgehead atoms. The van der Waals surface area contributed by atoms with Crippen LogP contribution in [0.25, 0.3) is 0 Å². The van der Waals surface area contributed by atoms with E-state index in [9.17, 15) is 14.7 Å². The van der Waals surface area contributed by atoms with Gasteiger partial charge in [-0.05, 0) is 12.1 Å². The number of carbonyl (C=O) groups is 2. The van der Waals surface area contributed by atoms with Crippen LogP contribution in [0.5, 0.6) is 11.6 Å². The number of thiazole rings is 1. The Hall–Kier alpha value is -2.41. The van der Waals surface area contributed by atoms with Gasteiger partial charge < -0.3 is 9.84 Å². The minimum Gasteiger partial charge on any atom is -0.508 e. The molecule has 0 aliphatic carbocycles. The maximum atomic E-state index is 12.1. The number of esters is 1. The third-order valence-electron chi connectivity index (χ3n) is 2.79. The molecule has 0 saturated heterocycles. The van der Waals surface area contributed by atoms with Gasteiger partial charge in [-0.2, -0.15) is 0 Å². The SMILES string of the molecule is CCC(=O)Oc1csc(=Nc2cccc(O)c2)n1C(=O)CC. The molecule has 0 atom stereocenters. The second kappa shape index (κ2) is 7.04. The first kappa shape index (κ1) is 16.0. The van der Waals surface area contributed by atoms with Crippen molar-refractivity contribution in [3.63, 3.8) is 0 Å². The number of hydrogen-bond acceptors (Lipinski definition) is 6. The largest absolute Gasteiger partial charge is 0.508 e. The number of hydrogen-bond donors (Lipinski definition) is 1. The van der Waals surface area contributed by atoms with Gasteiger partial charge in [-0.3, -0.25) is 9.59 Å². The van der Waals surface area contributed by atoms with Crippen molar-refractivity contribution in [2.45, 2.75) is 26.7 Å². The van der Waals surface area contributed by atoms with E-state index in [2.05, 4.69) is 4.99 Å². The topological polar surface area (TPSA) is 80.9 Å². The first-order valence-electron chi connectivity index (χ1n) is 6.83. The number of phenolic OH excluding ortho intramolecular Hbond substituents is 1. The van der Waals surface area contributed by atoms with Gasteiger partial charge in [0.25, 0.3) is 0 Å². The maximum absolute atomic E-state index is 12.1. The molecule has 1 N–H and O–H groups in total. The lowest BCUT2D eigenvalue weighted by molar-refractivity contribution is -0.134. The van der Waals surface area contributed by atoms with E-state index < -0.39 is 5.97 Å². The average Bonchev–Trinajstić information content (AvgIpc) is 2.88. The Kier molecular flexibility index (Phi) is 5.11. The third kappa shape index (κ3) is 3.62. The number of carbonyl (C=O) groups excluding carboxylic acids is 2. The summed E-state index contributed by atoms with van der Waals surface area (Å²) < 4.78 is 6.44. The summed E-state index contributed by atoms with van der Waals surface area (Å²) in [6.45, 7) is 3.40. The summed E-state index contributed by atoms with van der Waals surface area (Å²) in [5, 5.41) is 11.0. The zero-order valence-electron chi connectivity index (χ0n) is 12.3. The van der Waals surface area contributed by atoms with Crippen molar-refractivity contribution >= 4 is 28.9 Å². The number of rotatable bonds is 4. The molecule has 1 heterocycles. The molecule has 7 heteroatoms. The molecule has 0 radical (unpaired) electrons. The Balaban J connectivity index is 2.51. The van der Waals surface area contributed by atoms with E-state index in [1.165, 1.54) is 28.0 Å². The Morgan fingerprint density at radius 1 is 1.32 bits per heavy atom. The fourth-order valence-electron chi connectivity index (χ4n) is 1.70. The smallest absolute Gasteiger partial charge is 0.312 e. The van der Waals surface area contributed by atoms with Crippen LogP contribution in [0.3, 0.4) is 0 Å². The lowest BCUT2D eigenvalue weighted by Crippen LogP contribution is -2.24. The minimum absolute atomic E-state index is 0.0869. The van der Waals surface area contributed by atoms with Gasteiger partial charge >= 0.3 is 5.97 Å². The molecular formula is C15H16N2O4S. The molecule has 6 nitrogen and oxygen atoms in total. The van der Waals surface area contributed by atoms with Crippen molar-refractivity contribution in [1.29, 1.82) is 0 Å². The van der Waals surface area contributed by atoms with E-state index in [1.54, 1.807) is 31.4 Å². The van der Waals surface area contributed by atoms with E-state index in [0.29, 0.717) is 10.5 Å². The highest BCUT2D eigenvalue weighted by atomic mass is 32.1. The fraction of sp³-hybridized carbons (Fsp3) is 0.267. The van der Waals surface area contributed by atoms with Crippen LogP contribution in [0.4, 0.5) is 5.69 Å². The highest BCUT2D eigenvalue weighted by molar-refractivity contribution is 7.07. The van der Waals surface area contributed by atoms with Crippen molar-refractivity contribution in [2.75, 3.05) is 0 Å². The van der Waals surface area contributed by atoms with Gasteiger partial charge in [-0.15, -0.1) is 11.3 Å². The lowest BCUT2D eigenvalue weighted by atomic mass is 10.3. The summed E-state index contributed by atoms with van der Waals surface area (Å²) in [5.41, 5.74) is 0.507. The van der Waals surface area contributed by atoms with Crippen molar-refractivity contribution < 1.29 is 19.4 Å². The van der Waals surface area contributed by atoms with Gasteiger partial charge in [0.15, 0.2) is 4.80 Å². The maximum Gasteiger partial charge on any atom is 0.312 e. The lowest BCUT2D eigenvalue weighted by Gasteiger charge is -2.06. The molecule has 1 aromatic heterocycles. The molecule has 116 valence electrons. The normalized spacial score (nSPS) is 11.5. The van der Waals surface area contributed by atoms with Crippen LogP contribution < -0.4 is 9.54 Å². The number of phenols is 1. The highest BCUT2D eigenvalue weighted by Gasteiger charge is 2.15. The number of benzene rings is 1. The van der Waals surface area contributed by atoms with E-state index in [-0.39, 0.29) is 30.4 Å². The predicted molar refractivity (Wildman–Crippen MR) is 82.5 cm³/mol. The molecule has 22 heavy (non-hydrogen) atoms. The van der Waals surface area contributed by atoms with E-state index in [0.717, 1.165) is 0 Å². The van der Waals surface area contributed by atoms with Gasteiger partial charge in [0.1, 0.15) is 5.75 Å². The zero-order valence-corrected chi connectivity index (χ0v) is 13.1. The van der Waals surface area contributed by atoms with Crippen LogP contribution in [-0.2, 0) is 4.79 Å². The summed E-state index contributed by atoms with van der Waals surface area (Å²) in [7, 11) is 0. The van der Waals surface area contributed by atoms with Crippen LogP contribution in [0.15, 0.2) is 34.6 Å². The van der Waals surface area contributed by atoms with Crippen LogP contribution in [0, 0.1) is 0 Å². The van der Waals surface area contributed by atoms with Crippen LogP contribution >= 0.6 is 11.3 Å². The van der Waals surface area contributed by atoms with Gasteiger partial charge in [-0.1, -0.05) is 19.9 Å². The van der Waals surface area contributed by atoms with Crippen LogP contribution in [0.2, 0.25) is 0 Å². The zero-order chi connectivity index (χ0) is 16.1. The van der Waals surface area contributed by atoms with E-state index in [1.807, 2.05) is 0 Å². The van der Waals surface area contributed by atoms with Gasteiger partial charge in [0.2, 0.25) is 11.8 Å². The Bertz CT molecular complexity index is 761. The molecule has 0 fully saturated rings. The van der Waals surface area contributed by atoms with Gasteiger partial charge in [0, 0.05) is 18.9 Å². The first-order chi connectivity index (χ1) is 10.5. The number of nitrogens with zero attached hydrogens (tertiary/aromatic N) is 2. The third-order valence-corrected chi connectivity index (χ3v) is 3.59. The molecule has 2 aromatic rings. The molecule has 0 saturated carbocycles. The standard InChI is InChI=1S/C15H16N2O4S/c1-3-12(19)17-13(21-14(20)4-2)9-22-15(17)16-10-6-5-7-11(18)8-10/h5-9,18H,3-4H2,1-2H3. The number of aromatic nitrogens is 1. The quantitative estimate of drug-likeness (QED) is 0.878. The molecular weight excluding hydrogens is 304 g/mol. The first-order valence-corrected chi connectivity index (χ1v) is 7.71. The summed E-state index contributed by atoms with van der Waals surface area (Å²) in [6.07, 6.45) is 0.468. The Labute approximate surface area is 131 Å². The van der Waals surface area contributed by atoms with Crippen LogP contribution in [0.1, 0.15) is 31.5 Å². The summed E-state index contributed by atoms with van der Waals surface area (Å²) in [4.78, 5) is 28.3.